The molecule has 2 aromatic carbocycles. The van der Waals surface area contributed by atoms with Gasteiger partial charge in [-0.2, -0.15) is 0 Å². The highest BCUT2D eigenvalue weighted by Gasteiger charge is 2.12. The molecule has 0 heterocycles. The Morgan fingerprint density at radius 2 is 1.67 bits per heavy atom. The molecular formula is C20H24N2O2. The summed E-state index contributed by atoms with van der Waals surface area (Å²) in [4.78, 5) is 24.5. The van der Waals surface area contributed by atoms with Crippen LogP contribution in [0.5, 0.6) is 0 Å². The molecule has 2 N–H and O–H groups in total. The van der Waals surface area contributed by atoms with Gasteiger partial charge in [-0.25, -0.2) is 0 Å². The molecule has 2 aromatic rings. The molecule has 1 unspecified atom stereocenters. The Morgan fingerprint density at radius 3 is 2.33 bits per heavy atom. The highest BCUT2D eigenvalue weighted by atomic mass is 16.2. The van der Waals surface area contributed by atoms with E-state index in [1.54, 1.807) is 24.3 Å². The molecule has 0 aliphatic rings. The predicted octanol–water partition coefficient (Wildman–Crippen LogP) is 3.45. The molecule has 0 saturated heterocycles. The third kappa shape index (κ3) is 4.69. The van der Waals surface area contributed by atoms with Gasteiger partial charge >= 0.3 is 0 Å². The van der Waals surface area contributed by atoms with Crippen molar-refractivity contribution in [2.75, 3.05) is 0 Å². The minimum absolute atomic E-state index is 0.107. The standard InChI is InChI=1S/C20H24N2O2/c1-4-15(3)22-20(24)17-11-7-10-16(12-17)19(23)21-13-18-9-6-5-8-14(18)2/h5-12,15H,4,13H2,1-3H3,(H,21,23)(H,22,24). The number of carbonyl (C=O) groups is 2. The lowest BCUT2D eigenvalue weighted by atomic mass is 10.1. The van der Waals surface area contributed by atoms with Gasteiger partial charge < -0.3 is 10.6 Å². The number of aryl methyl sites for hydroxylation is 1. The first-order chi connectivity index (χ1) is 11.5. The average Bonchev–Trinajstić information content (AvgIpc) is 2.60. The summed E-state index contributed by atoms with van der Waals surface area (Å²) >= 11 is 0. The normalized spacial score (nSPS) is 11.6. The zero-order valence-electron chi connectivity index (χ0n) is 14.4. The fourth-order valence-corrected chi connectivity index (χ4v) is 2.30. The molecule has 0 bridgehead atoms. The fraction of sp³-hybridized carbons (Fsp3) is 0.300. The molecule has 126 valence electrons. The minimum Gasteiger partial charge on any atom is -0.350 e. The molecule has 0 fully saturated rings. The van der Waals surface area contributed by atoms with E-state index in [4.69, 9.17) is 0 Å². The monoisotopic (exact) mass is 324 g/mol. The van der Waals surface area contributed by atoms with E-state index in [-0.39, 0.29) is 17.9 Å². The predicted molar refractivity (Wildman–Crippen MR) is 96.0 cm³/mol. The maximum absolute atomic E-state index is 12.3. The molecule has 0 aliphatic heterocycles. The number of rotatable bonds is 6. The van der Waals surface area contributed by atoms with E-state index in [9.17, 15) is 9.59 Å². The Bertz CT molecular complexity index is 725. The van der Waals surface area contributed by atoms with E-state index in [0.29, 0.717) is 17.7 Å². The molecule has 0 aliphatic carbocycles. The molecule has 0 spiro atoms. The first-order valence-electron chi connectivity index (χ1n) is 8.25. The van der Waals surface area contributed by atoms with Crippen LogP contribution in [0.4, 0.5) is 0 Å². The molecule has 2 amide bonds. The highest BCUT2D eigenvalue weighted by molar-refractivity contribution is 5.99. The second-order valence-electron chi connectivity index (χ2n) is 5.97. The Labute approximate surface area is 143 Å². The quantitative estimate of drug-likeness (QED) is 0.855. The SMILES string of the molecule is CCC(C)NC(=O)c1cccc(C(=O)NCc2ccccc2C)c1. The van der Waals surface area contributed by atoms with Gasteiger partial charge in [0.15, 0.2) is 0 Å². The van der Waals surface area contributed by atoms with E-state index in [1.165, 1.54) is 0 Å². The Morgan fingerprint density at radius 1 is 1.00 bits per heavy atom. The number of hydrogen-bond acceptors (Lipinski definition) is 2. The van der Waals surface area contributed by atoms with Gasteiger partial charge in [-0.15, -0.1) is 0 Å². The maximum Gasteiger partial charge on any atom is 0.251 e. The third-order valence-electron chi connectivity index (χ3n) is 4.08. The smallest absolute Gasteiger partial charge is 0.251 e. The largest absolute Gasteiger partial charge is 0.350 e. The van der Waals surface area contributed by atoms with Gasteiger partial charge in [-0.3, -0.25) is 9.59 Å². The second kappa shape index (κ2) is 8.29. The summed E-state index contributed by atoms with van der Waals surface area (Å²) in [5.74, 6) is -0.339. The molecule has 1 atom stereocenters. The lowest BCUT2D eigenvalue weighted by molar-refractivity contribution is 0.0939. The second-order valence-corrected chi connectivity index (χ2v) is 5.97. The van der Waals surface area contributed by atoms with Crippen LogP contribution in [0, 0.1) is 6.92 Å². The van der Waals surface area contributed by atoms with Crippen molar-refractivity contribution in [3.8, 4) is 0 Å². The van der Waals surface area contributed by atoms with Crippen LogP contribution in [0.25, 0.3) is 0 Å². The van der Waals surface area contributed by atoms with Crippen LogP contribution < -0.4 is 10.6 Å². The van der Waals surface area contributed by atoms with E-state index in [1.807, 2.05) is 45.0 Å². The van der Waals surface area contributed by atoms with Crippen molar-refractivity contribution in [2.24, 2.45) is 0 Å². The molecule has 24 heavy (non-hydrogen) atoms. The van der Waals surface area contributed by atoms with Crippen LogP contribution in [-0.4, -0.2) is 17.9 Å². The van der Waals surface area contributed by atoms with Crippen molar-refractivity contribution in [1.29, 1.82) is 0 Å². The van der Waals surface area contributed by atoms with Crippen LogP contribution in [0.15, 0.2) is 48.5 Å². The Hall–Kier alpha value is -2.62. The highest BCUT2D eigenvalue weighted by Crippen LogP contribution is 2.09. The van der Waals surface area contributed by atoms with Crippen LogP contribution in [0.2, 0.25) is 0 Å². The van der Waals surface area contributed by atoms with Gasteiger partial charge in [0.1, 0.15) is 0 Å². The summed E-state index contributed by atoms with van der Waals surface area (Å²) < 4.78 is 0. The number of carbonyl (C=O) groups excluding carboxylic acids is 2. The molecule has 4 heteroatoms. The summed E-state index contributed by atoms with van der Waals surface area (Å²) in [5.41, 5.74) is 3.20. The van der Waals surface area contributed by atoms with Gasteiger partial charge in [0.25, 0.3) is 11.8 Å². The number of benzene rings is 2. The maximum atomic E-state index is 12.3. The van der Waals surface area contributed by atoms with Gasteiger partial charge in [-0.05, 0) is 49.6 Å². The number of nitrogens with one attached hydrogen (secondary N) is 2. The van der Waals surface area contributed by atoms with Crippen molar-refractivity contribution >= 4 is 11.8 Å². The zero-order chi connectivity index (χ0) is 17.5. The molecule has 4 nitrogen and oxygen atoms in total. The summed E-state index contributed by atoms with van der Waals surface area (Å²) in [7, 11) is 0. The van der Waals surface area contributed by atoms with Crippen LogP contribution in [0.3, 0.4) is 0 Å². The van der Waals surface area contributed by atoms with Gasteiger partial charge in [-0.1, -0.05) is 37.3 Å². The first-order valence-corrected chi connectivity index (χ1v) is 8.25. The zero-order valence-corrected chi connectivity index (χ0v) is 14.4. The van der Waals surface area contributed by atoms with Gasteiger partial charge in [0.2, 0.25) is 0 Å². The topological polar surface area (TPSA) is 58.2 Å². The summed E-state index contributed by atoms with van der Waals surface area (Å²) in [6.45, 7) is 6.45. The molecule has 2 rings (SSSR count). The number of hydrogen-bond donors (Lipinski definition) is 2. The van der Waals surface area contributed by atoms with Crippen molar-refractivity contribution in [2.45, 2.75) is 39.8 Å². The summed E-state index contributed by atoms with van der Waals surface area (Å²) in [6.07, 6.45) is 0.863. The lowest BCUT2D eigenvalue weighted by Crippen LogP contribution is -2.32. The van der Waals surface area contributed by atoms with Crippen LogP contribution in [0.1, 0.15) is 52.1 Å². The average molecular weight is 324 g/mol. The van der Waals surface area contributed by atoms with Gasteiger partial charge in [0, 0.05) is 23.7 Å². The van der Waals surface area contributed by atoms with Crippen molar-refractivity contribution < 1.29 is 9.59 Å². The molecular weight excluding hydrogens is 300 g/mol. The van der Waals surface area contributed by atoms with E-state index < -0.39 is 0 Å². The Balaban J connectivity index is 2.03. The van der Waals surface area contributed by atoms with E-state index >= 15 is 0 Å². The van der Waals surface area contributed by atoms with E-state index in [2.05, 4.69) is 10.6 Å². The molecule has 0 radical (unpaired) electrons. The van der Waals surface area contributed by atoms with Crippen LogP contribution in [-0.2, 0) is 6.54 Å². The first kappa shape index (κ1) is 17.7. The molecule has 0 aromatic heterocycles. The lowest BCUT2D eigenvalue weighted by Gasteiger charge is -2.12. The summed E-state index contributed by atoms with van der Waals surface area (Å²) in [5, 5.41) is 5.81. The van der Waals surface area contributed by atoms with Gasteiger partial charge in [0.05, 0.1) is 0 Å². The number of amides is 2. The fourth-order valence-electron chi connectivity index (χ4n) is 2.30. The van der Waals surface area contributed by atoms with E-state index in [0.717, 1.165) is 17.5 Å². The van der Waals surface area contributed by atoms with Crippen molar-refractivity contribution in [1.82, 2.24) is 10.6 Å². The molecule has 0 saturated carbocycles. The Kier molecular flexibility index (Phi) is 6.13. The summed E-state index contributed by atoms with van der Waals surface area (Å²) in [6, 6.07) is 14.8. The van der Waals surface area contributed by atoms with Crippen LogP contribution >= 0.6 is 0 Å². The third-order valence-corrected chi connectivity index (χ3v) is 4.08. The minimum atomic E-state index is -0.184. The van der Waals surface area contributed by atoms with Crippen molar-refractivity contribution in [3.63, 3.8) is 0 Å². The van der Waals surface area contributed by atoms with Crippen molar-refractivity contribution in [3.05, 3.63) is 70.8 Å².